The largest absolute Gasteiger partial charge is 1.00 e. The molecule has 2 rings (SSSR count). The fourth-order valence-corrected chi connectivity index (χ4v) is 2.23. The molecule has 0 atom stereocenters. The van der Waals surface area contributed by atoms with Gasteiger partial charge in [-0.25, -0.2) is 10.2 Å². The summed E-state index contributed by atoms with van der Waals surface area (Å²) >= 11 is 0. The van der Waals surface area contributed by atoms with Crippen LogP contribution < -0.4 is 0 Å². The Morgan fingerprint density at radius 3 is 1.07 bits per heavy atom. The summed E-state index contributed by atoms with van der Waals surface area (Å²) in [6.07, 6.45) is -21.6. The van der Waals surface area contributed by atoms with Crippen LogP contribution in [0.1, 0.15) is 22.8 Å². The number of rotatable bonds is 2. The molecular weight excluding hydrogens is 619 g/mol. The van der Waals surface area contributed by atoms with Crippen molar-refractivity contribution in [3.8, 4) is 0 Å². The Labute approximate surface area is 166 Å². The number of hydrogen-bond donors (Lipinski definition) is 0. The third-order valence-corrected chi connectivity index (χ3v) is 3.30. The second-order valence-corrected chi connectivity index (χ2v) is 5.27. The first-order valence-corrected chi connectivity index (χ1v) is 6.61. The van der Waals surface area contributed by atoms with Crippen LogP contribution in [0.4, 0.5) is 52.7 Å². The summed E-state index contributed by atoms with van der Waals surface area (Å²) < 4.78 is 152. The molecule has 18 heteroatoms. The van der Waals surface area contributed by atoms with Gasteiger partial charge in [0.05, 0.1) is 0 Å². The number of aromatic nitrogens is 4. The molecule has 2 heterocycles. The maximum absolute atomic E-state index is 12.8. The zero-order chi connectivity index (χ0) is 21.0. The quantitative estimate of drug-likeness (QED) is 0.381. The summed E-state index contributed by atoms with van der Waals surface area (Å²) in [4.78, 5) is 0. The van der Waals surface area contributed by atoms with E-state index in [1.165, 1.54) is 0 Å². The van der Waals surface area contributed by atoms with Crippen LogP contribution in [0.2, 0.25) is 0 Å². The zero-order valence-electron chi connectivity index (χ0n) is 13.1. The van der Waals surface area contributed by atoms with E-state index in [-0.39, 0.29) is 27.3 Å². The molecule has 0 saturated carbocycles. The summed E-state index contributed by atoms with van der Waals surface area (Å²) in [5.41, 5.74) is -8.25. The van der Waals surface area contributed by atoms with Crippen molar-refractivity contribution in [2.75, 3.05) is 0 Å². The molecule has 0 saturated heterocycles. The molecule has 0 aliphatic heterocycles. The number of halogens is 12. The van der Waals surface area contributed by atoms with Gasteiger partial charge in [0.1, 0.15) is 11.4 Å². The summed E-state index contributed by atoms with van der Waals surface area (Å²) in [6.45, 7) is 0. The molecule has 0 aliphatic carbocycles. The number of nitrogens with zero attached hydrogens (tertiary/aromatic N) is 4. The van der Waals surface area contributed by atoms with Crippen LogP contribution in [0, 0.1) is 0 Å². The fourth-order valence-electron chi connectivity index (χ4n) is 2.23. The molecule has 0 N–H and O–H groups in total. The SMILES string of the molecule is FC(F)(F)c1cc(C(F)(F)F)n([BH2-]n2nc(C(F)(F)F)cc2C(F)(F)F)n1.[Tl+]. The van der Waals surface area contributed by atoms with Crippen LogP contribution in [0.15, 0.2) is 12.1 Å². The van der Waals surface area contributed by atoms with Crippen LogP contribution >= 0.6 is 0 Å². The molecule has 4 nitrogen and oxygen atoms in total. The van der Waals surface area contributed by atoms with E-state index in [0.717, 1.165) is 0 Å². The molecule has 0 aromatic carbocycles. The topological polar surface area (TPSA) is 35.6 Å². The van der Waals surface area contributed by atoms with Crippen molar-refractivity contribution in [1.29, 1.82) is 0 Å². The molecule has 154 valence electrons. The maximum atomic E-state index is 12.8. The van der Waals surface area contributed by atoms with E-state index in [2.05, 4.69) is 10.2 Å². The summed E-state index contributed by atoms with van der Waals surface area (Å²) in [5.74, 6) is 0. The van der Waals surface area contributed by atoms with Gasteiger partial charge in [0, 0.05) is 0 Å². The minimum absolute atomic E-state index is 0. The third-order valence-electron chi connectivity index (χ3n) is 3.30. The van der Waals surface area contributed by atoms with Gasteiger partial charge in [0.2, 0.25) is 0 Å². The Balaban J connectivity index is 0.00000392. The van der Waals surface area contributed by atoms with Gasteiger partial charge in [-0.1, -0.05) is 0 Å². The minimum Gasteiger partial charge on any atom is -0.418 e. The number of hydrogen-bond acceptors (Lipinski definition) is 2. The van der Waals surface area contributed by atoms with Crippen molar-refractivity contribution in [1.82, 2.24) is 19.4 Å². The Bertz CT molecular complexity index is 759. The average molecular weight is 623 g/mol. The van der Waals surface area contributed by atoms with Crippen molar-refractivity contribution in [3.63, 3.8) is 0 Å². The average Bonchev–Trinajstić information content (AvgIpc) is 3.00. The van der Waals surface area contributed by atoms with Gasteiger partial charge in [0.25, 0.3) is 0 Å². The molecule has 2 aromatic heterocycles. The smallest absolute Gasteiger partial charge is 0.418 e. The molecule has 0 unspecified atom stereocenters. The molecule has 28 heavy (non-hydrogen) atoms. The van der Waals surface area contributed by atoms with Crippen molar-refractivity contribution in [2.45, 2.75) is 24.7 Å². The van der Waals surface area contributed by atoms with Crippen LogP contribution in [-0.2, 0) is 24.7 Å². The molecule has 0 aliphatic rings. The van der Waals surface area contributed by atoms with Crippen LogP contribution in [0.3, 0.4) is 0 Å². The van der Waals surface area contributed by atoms with E-state index in [0.29, 0.717) is 0 Å². The van der Waals surface area contributed by atoms with E-state index >= 15 is 0 Å². The summed E-state index contributed by atoms with van der Waals surface area (Å²) in [5, 5.41) is 5.11. The van der Waals surface area contributed by atoms with Crippen LogP contribution in [0.5, 0.6) is 0 Å². The van der Waals surface area contributed by atoms with Crippen LogP contribution in [-0.4, -0.2) is 54.2 Å². The molecule has 0 bridgehead atoms. The Morgan fingerprint density at radius 2 is 0.857 bits per heavy atom. The van der Waals surface area contributed by atoms with Crippen LogP contribution in [0.25, 0.3) is 0 Å². The Hall–Kier alpha value is -1.43. The molecule has 0 radical (unpaired) electrons. The van der Waals surface area contributed by atoms with Gasteiger partial charge < -0.3 is 9.19 Å². The van der Waals surface area contributed by atoms with E-state index < -0.39 is 76.3 Å². The fraction of sp³-hybridized carbons (Fsp3) is 0.400. The number of alkyl halides is 12. The molecule has 0 amide bonds. The molecular formula is C10H4BF12N4Tl. The molecule has 0 spiro atoms. The van der Waals surface area contributed by atoms with Crippen molar-refractivity contribution >= 4 is 34.8 Å². The first-order chi connectivity index (χ1) is 11.9. The Kier molecular flexibility index (Phi) is 6.53. The van der Waals surface area contributed by atoms with Gasteiger partial charge in [0.15, 0.2) is 18.9 Å². The second kappa shape index (κ2) is 7.43. The summed E-state index contributed by atoms with van der Waals surface area (Å²) in [7, 11) is -3.20. The van der Waals surface area contributed by atoms with E-state index in [1.807, 2.05) is 0 Å². The van der Waals surface area contributed by atoms with Gasteiger partial charge >= 0.3 is 52.0 Å². The minimum atomic E-state index is -5.45. The van der Waals surface area contributed by atoms with Gasteiger partial charge in [-0.3, -0.25) is 0 Å². The first kappa shape index (κ1) is 24.6. The maximum Gasteiger partial charge on any atom is 1.00 e. The monoisotopic (exact) mass is 624 g/mol. The van der Waals surface area contributed by atoms with E-state index in [1.54, 1.807) is 0 Å². The predicted octanol–water partition coefficient (Wildman–Crippen LogP) is 3.17. The zero-order valence-corrected chi connectivity index (χ0v) is 17.5. The van der Waals surface area contributed by atoms with Crippen molar-refractivity contribution in [2.24, 2.45) is 0 Å². The Morgan fingerprint density at radius 1 is 0.571 bits per heavy atom. The standard InChI is InChI=1S/C10H4BF12N4.Tl/c12-7(13,14)3-1-5(9(18,19)20)26(24-3)11-27-6(10(21,22)23)2-4(25-27)8(15,16)17;/h1-2H,11H2;/q-1;+1. The first-order valence-electron chi connectivity index (χ1n) is 6.61. The second-order valence-electron chi connectivity index (χ2n) is 5.27. The van der Waals surface area contributed by atoms with E-state index in [9.17, 15) is 52.7 Å². The summed E-state index contributed by atoms with van der Waals surface area (Å²) in [6, 6.07) is -0.907. The molecule has 2 aromatic rings. The molecule has 0 fully saturated rings. The van der Waals surface area contributed by atoms with Crippen molar-refractivity contribution in [3.05, 3.63) is 34.9 Å². The van der Waals surface area contributed by atoms with E-state index in [4.69, 9.17) is 0 Å². The third kappa shape index (κ3) is 5.34. The van der Waals surface area contributed by atoms with Crippen molar-refractivity contribution < 1.29 is 52.7 Å². The predicted molar refractivity (Wildman–Crippen MR) is 69.6 cm³/mol. The normalized spacial score (nSPS) is 13.6. The van der Waals surface area contributed by atoms with Gasteiger partial charge in [-0.15, -0.1) is 0 Å². The van der Waals surface area contributed by atoms with Gasteiger partial charge in [-0.05, 0) is 12.1 Å². The van der Waals surface area contributed by atoms with Gasteiger partial charge in [-0.2, -0.15) is 52.7 Å².